The lowest BCUT2D eigenvalue weighted by Crippen LogP contribution is -2.62. The minimum absolute atomic E-state index is 0.335. The quantitative estimate of drug-likeness (QED) is 0.228. The molecule has 1 fully saturated rings. The molecule has 7 unspecified atom stereocenters. The third kappa shape index (κ3) is 5.08. The van der Waals surface area contributed by atoms with Crippen molar-refractivity contribution in [2.45, 2.75) is 50.0 Å². The van der Waals surface area contributed by atoms with Crippen LogP contribution in [0.5, 0.6) is 0 Å². The van der Waals surface area contributed by atoms with Crippen molar-refractivity contribution in [3.05, 3.63) is 0 Å². The molecule has 0 aromatic heterocycles. The maximum atomic E-state index is 10.3. The Morgan fingerprint density at radius 1 is 1.27 bits per heavy atom. The molecule has 1 aliphatic rings. The summed E-state index contributed by atoms with van der Waals surface area (Å²) in [5, 5.41) is 32.9. The molecule has 1 heterocycles. The average Bonchev–Trinajstić information content (AvgIpc) is 2.50. The van der Waals surface area contributed by atoms with Gasteiger partial charge >= 0.3 is 0 Å². The average molecular weight is 324 g/mol. The van der Waals surface area contributed by atoms with Crippen LogP contribution in [0.1, 0.15) is 6.92 Å². The van der Waals surface area contributed by atoms with E-state index in [9.17, 15) is 15.3 Å². The molecule has 132 valence electrons. The molecule has 0 bridgehead atoms. The first-order valence-electron chi connectivity index (χ1n) is 7.27. The first-order chi connectivity index (χ1) is 10.5. The van der Waals surface area contributed by atoms with E-state index in [2.05, 4.69) is 5.32 Å². The van der Waals surface area contributed by atoms with Crippen LogP contribution in [0, 0.1) is 0 Å². The van der Waals surface area contributed by atoms with Gasteiger partial charge in [0, 0.05) is 33.9 Å². The molecule has 0 spiro atoms. The van der Waals surface area contributed by atoms with E-state index in [-0.39, 0.29) is 0 Å². The van der Waals surface area contributed by atoms with E-state index >= 15 is 0 Å². The van der Waals surface area contributed by atoms with Crippen LogP contribution in [-0.4, -0.2) is 92.3 Å². The molecule has 0 saturated carbocycles. The number of aliphatic hydroxyl groups excluding tert-OH is 3. The molecule has 0 aromatic carbocycles. The number of methoxy groups -OCH3 is 2. The number of nitrogens with two attached hydrogens (primary N) is 1. The number of nitrogens with one attached hydrogen (secondary N) is 1. The molecular formula is C13H28N2O7. The van der Waals surface area contributed by atoms with Gasteiger partial charge in [0.1, 0.15) is 30.5 Å². The SMILES string of the molecule is COC(OC1C(CNCCN)OC(OC)C(O)C1O)C(C)O. The second-order valence-electron chi connectivity index (χ2n) is 5.20. The van der Waals surface area contributed by atoms with E-state index < -0.39 is 43.1 Å². The van der Waals surface area contributed by atoms with Crippen LogP contribution in [0.2, 0.25) is 0 Å². The van der Waals surface area contributed by atoms with Crippen molar-refractivity contribution in [3.63, 3.8) is 0 Å². The molecule has 9 heteroatoms. The molecule has 0 aliphatic carbocycles. The van der Waals surface area contributed by atoms with Gasteiger partial charge in [-0.3, -0.25) is 0 Å². The maximum absolute atomic E-state index is 10.3. The second-order valence-corrected chi connectivity index (χ2v) is 5.20. The summed E-state index contributed by atoms with van der Waals surface area (Å²) in [5.41, 5.74) is 5.42. The molecule has 7 atom stereocenters. The van der Waals surface area contributed by atoms with Crippen molar-refractivity contribution in [1.82, 2.24) is 5.32 Å². The Bertz CT molecular complexity index is 308. The van der Waals surface area contributed by atoms with Gasteiger partial charge in [-0.2, -0.15) is 0 Å². The zero-order valence-electron chi connectivity index (χ0n) is 13.2. The molecule has 0 radical (unpaired) electrons. The zero-order chi connectivity index (χ0) is 16.7. The highest BCUT2D eigenvalue weighted by atomic mass is 16.7. The lowest BCUT2D eigenvalue weighted by atomic mass is 9.98. The fraction of sp³-hybridized carbons (Fsp3) is 1.00. The number of rotatable bonds is 9. The fourth-order valence-corrected chi connectivity index (χ4v) is 2.30. The fourth-order valence-electron chi connectivity index (χ4n) is 2.30. The van der Waals surface area contributed by atoms with E-state index in [4.69, 9.17) is 24.7 Å². The molecular weight excluding hydrogens is 296 g/mol. The van der Waals surface area contributed by atoms with Gasteiger partial charge in [0.25, 0.3) is 0 Å². The van der Waals surface area contributed by atoms with Crippen LogP contribution in [-0.2, 0) is 18.9 Å². The molecule has 1 aliphatic heterocycles. The van der Waals surface area contributed by atoms with Gasteiger partial charge in [0.2, 0.25) is 0 Å². The summed E-state index contributed by atoms with van der Waals surface area (Å²) in [6.45, 7) is 2.85. The van der Waals surface area contributed by atoms with Crippen molar-refractivity contribution in [1.29, 1.82) is 0 Å². The number of hydrogen-bond donors (Lipinski definition) is 5. The van der Waals surface area contributed by atoms with Crippen LogP contribution in [0.3, 0.4) is 0 Å². The van der Waals surface area contributed by atoms with Gasteiger partial charge in [-0.15, -0.1) is 0 Å². The van der Waals surface area contributed by atoms with Gasteiger partial charge in [0.05, 0.1) is 0 Å². The third-order valence-electron chi connectivity index (χ3n) is 3.46. The summed E-state index contributed by atoms with van der Waals surface area (Å²) in [4.78, 5) is 0. The van der Waals surface area contributed by atoms with E-state index in [1.165, 1.54) is 21.1 Å². The first-order valence-corrected chi connectivity index (χ1v) is 7.27. The largest absolute Gasteiger partial charge is 0.388 e. The summed E-state index contributed by atoms with van der Waals surface area (Å²) in [7, 11) is 2.75. The highest BCUT2D eigenvalue weighted by molar-refractivity contribution is 4.91. The van der Waals surface area contributed by atoms with E-state index in [1.807, 2.05) is 0 Å². The summed E-state index contributed by atoms with van der Waals surface area (Å²) >= 11 is 0. The number of hydrogen-bond acceptors (Lipinski definition) is 9. The topological polar surface area (TPSA) is 136 Å². The van der Waals surface area contributed by atoms with Gasteiger partial charge < -0.3 is 45.3 Å². The van der Waals surface area contributed by atoms with E-state index in [1.54, 1.807) is 0 Å². The Kier molecular flexibility index (Phi) is 8.69. The Morgan fingerprint density at radius 3 is 2.45 bits per heavy atom. The highest BCUT2D eigenvalue weighted by Crippen LogP contribution is 2.25. The predicted octanol–water partition coefficient (Wildman–Crippen LogP) is -2.63. The Hall–Kier alpha value is -0.360. The van der Waals surface area contributed by atoms with Crippen molar-refractivity contribution in [2.75, 3.05) is 33.9 Å². The highest BCUT2D eigenvalue weighted by Gasteiger charge is 2.46. The lowest BCUT2D eigenvalue weighted by molar-refractivity contribution is -0.322. The summed E-state index contributed by atoms with van der Waals surface area (Å²) in [6, 6.07) is 0. The molecule has 9 nitrogen and oxygen atoms in total. The monoisotopic (exact) mass is 324 g/mol. The Labute approximate surface area is 130 Å². The Balaban J connectivity index is 2.80. The second kappa shape index (κ2) is 9.71. The van der Waals surface area contributed by atoms with Crippen LogP contribution in [0.4, 0.5) is 0 Å². The minimum atomic E-state index is -1.27. The molecule has 22 heavy (non-hydrogen) atoms. The first kappa shape index (κ1) is 19.7. The van der Waals surface area contributed by atoms with Gasteiger partial charge in [0.15, 0.2) is 12.6 Å². The van der Waals surface area contributed by atoms with Crippen molar-refractivity contribution >= 4 is 0 Å². The normalized spacial score (nSPS) is 35.3. The van der Waals surface area contributed by atoms with E-state index in [0.29, 0.717) is 19.6 Å². The van der Waals surface area contributed by atoms with Crippen molar-refractivity contribution in [2.24, 2.45) is 5.73 Å². The van der Waals surface area contributed by atoms with Gasteiger partial charge in [-0.25, -0.2) is 0 Å². The van der Waals surface area contributed by atoms with Crippen molar-refractivity contribution < 1.29 is 34.3 Å². The van der Waals surface area contributed by atoms with Crippen LogP contribution in [0.15, 0.2) is 0 Å². The maximum Gasteiger partial charge on any atom is 0.186 e. The smallest absolute Gasteiger partial charge is 0.186 e. The van der Waals surface area contributed by atoms with Crippen molar-refractivity contribution in [3.8, 4) is 0 Å². The minimum Gasteiger partial charge on any atom is -0.388 e. The van der Waals surface area contributed by atoms with Gasteiger partial charge in [-0.05, 0) is 6.92 Å². The molecule has 1 saturated heterocycles. The molecule has 0 aromatic rings. The number of aliphatic hydroxyl groups is 3. The summed E-state index contributed by atoms with van der Waals surface area (Å²) in [6.07, 6.45) is -6.85. The lowest BCUT2D eigenvalue weighted by Gasteiger charge is -2.43. The molecule has 6 N–H and O–H groups in total. The summed E-state index contributed by atoms with van der Waals surface area (Å²) in [5.74, 6) is 0. The predicted molar refractivity (Wildman–Crippen MR) is 77.0 cm³/mol. The molecule has 0 amide bonds. The standard InChI is InChI=1S/C13H28N2O7/c1-7(16)12(19-2)22-11-8(6-15-5-4-14)21-13(20-3)10(18)9(11)17/h7-13,15-18H,4-6,14H2,1-3H3. The van der Waals surface area contributed by atoms with Crippen LogP contribution in [0.25, 0.3) is 0 Å². The van der Waals surface area contributed by atoms with Gasteiger partial charge in [-0.1, -0.05) is 0 Å². The van der Waals surface area contributed by atoms with E-state index in [0.717, 1.165) is 0 Å². The Morgan fingerprint density at radius 2 is 1.95 bits per heavy atom. The third-order valence-corrected chi connectivity index (χ3v) is 3.46. The van der Waals surface area contributed by atoms with Crippen LogP contribution >= 0.6 is 0 Å². The number of ether oxygens (including phenoxy) is 4. The van der Waals surface area contributed by atoms with Crippen LogP contribution < -0.4 is 11.1 Å². The zero-order valence-corrected chi connectivity index (χ0v) is 13.2. The summed E-state index contributed by atoms with van der Waals surface area (Å²) < 4.78 is 21.2. The molecule has 1 rings (SSSR count).